The van der Waals surface area contributed by atoms with Crippen LogP contribution >= 0.6 is 11.3 Å². The third kappa shape index (κ3) is 6.19. The maximum atomic E-state index is 12.5. The SMILES string of the molecule is C=CCC/C(=N\NCC(F)(F)F)c1ccc(C(=O)N2CCCCC2)s1. The first-order valence-corrected chi connectivity index (χ1v) is 9.09. The molecule has 0 saturated carbocycles. The normalized spacial score (nSPS) is 16.0. The van der Waals surface area contributed by atoms with Crippen molar-refractivity contribution in [1.29, 1.82) is 0 Å². The first-order chi connectivity index (χ1) is 11.9. The van der Waals surface area contributed by atoms with Crippen LogP contribution in [0, 0.1) is 0 Å². The Bertz CT molecular complexity index is 619. The number of rotatable bonds is 7. The lowest BCUT2D eigenvalue weighted by Crippen LogP contribution is -2.35. The van der Waals surface area contributed by atoms with E-state index in [-0.39, 0.29) is 5.91 Å². The lowest BCUT2D eigenvalue weighted by atomic mass is 10.1. The predicted octanol–water partition coefficient (Wildman–Crippen LogP) is 4.20. The average molecular weight is 373 g/mol. The largest absolute Gasteiger partial charge is 0.407 e. The van der Waals surface area contributed by atoms with E-state index in [1.165, 1.54) is 11.3 Å². The van der Waals surface area contributed by atoms with Gasteiger partial charge in [0.1, 0.15) is 6.54 Å². The van der Waals surface area contributed by atoms with Crippen molar-refractivity contribution in [3.63, 3.8) is 0 Å². The third-order valence-electron chi connectivity index (χ3n) is 3.82. The summed E-state index contributed by atoms with van der Waals surface area (Å²) in [5.74, 6) is -0.0118. The highest BCUT2D eigenvalue weighted by atomic mass is 32.1. The summed E-state index contributed by atoms with van der Waals surface area (Å²) in [5.41, 5.74) is 2.58. The first-order valence-electron chi connectivity index (χ1n) is 8.27. The van der Waals surface area contributed by atoms with Gasteiger partial charge in [-0.15, -0.1) is 17.9 Å². The third-order valence-corrected chi connectivity index (χ3v) is 4.95. The van der Waals surface area contributed by atoms with Gasteiger partial charge in [0.05, 0.1) is 15.5 Å². The minimum absolute atomic E-state index is 0.0118. The molecule has 1 aliphatic heterocycles. The van der Waals surface area contributed by atoms with Crippen LogP contribution in [0.5, 0.6) is 0 Å². The molecule has 1 fully saturated rings. The molecule has 0 unspecified atom stereocenters. The van der Waals surface area contributed by atoms with Gasteiger partial charge >= 0.3 is 6.18 Å². The fraction of sp³-hybridized carbons (Fsp3) is 0.529. The number of nitrogens with zero attached hydrogens (tertiary/aromatic N) is 2. The number of hydrogen-bond donors (Lipinski definition) is 1. The number of carbonyl (C=O) groups is 1. The quantitative estimate of drug-likeness (QED) is 0.442. The van der Waals surface area contributed by atoms with E-state index in [0.717, 1.165) is 32.4 Å². The molecule has 1 aliphatic rings. The molecule has 2 heterocycles. The molecule has 0 bridgehead atoms. The zero-order valence-corrected chi connectivity index (χ0v) is 14.8. The number of likely N-dealkylation sites (tertiary alicyclic amines) is 1. The zero-order valence-electron chi connectivity index (χ0n) is 13.9. The second kappa shape index (κ2) is 9.03. The van der Waals surface area contributed by atoms with E-state index in [1.807, 2.05) is 4.90 Å². The molecular formula is C17H22F3N3OS. The Kier molecular flexibility index (Phi) is 7.04. The van der Waals surface area contributed by atoms with Gasteiger partial charge in [-0.05, 0) is 44.2 Å². The van der Waals surface area contributed by atoms with Crippen molar-refractivity contribution < 1.29 is 18.0 Å². The highest BCUT2D eigenvalue weighted by Crippen LogP contribution is 2.23. The summed E-state index contributed by atoms with van der Waals surface area (Å²) in [4.78, 5) is 15.6. The van der Waals surface area contributed by atoms with Crippen LogP contribution in [-0.4, -0.2) is 42.3 Å². The van der Waals surface area contributed by atoms with Gasteiger partial charge in [0.25, 0.3) is 5.91 Å². The number of halogens is 3. The Morgan fingerprint density at radius 2 is 1.96 bits per heavy atom. The molecule has 0 aromatic carbocycles. The van der Waals surface area contributed by atoms with E-state index < -0.39 is 12.7 Å². The number of amides is 1. The molecule has 1 saturated heterocycles. The number of hydrogen-bond acceptors (Lipinski definition) is 4. The van der Waals surface area contributed by atoms with E-state index in [4.69, 9.17) is 0 Å². The Morgan fingerprint density at radius 3 is 2.60 bits per heavy atom. The average Bonchev–Trinajstić information content (AvgIpc) is 3.07. The summed E-state index contributed by atoms with van der Waals surface area (Å²) >= 11 is 1.27. The smallest absolute Gasteiger partial charge is 0.338 e. The van der Waals surface area contributed by atoms with Crippen molar-refractivity contribution in [2.75, 3.05) is 19.6 Å². The van der Waals surface area contributed by atoms with Crippen molar-refractivity contribution in [2.24, 2.45) is 5.10 Å². The van der Waals surface area contributed by atoms with E-state index in [9.17, 15) is 18.0 Å². The number of carbonyl (C=O) groups excluding carboxylic acids is 1. The molecule has 1 amide bonds. The maximum absolute atomic E-state index is 12.5. The molecule has 2 rings (SSSR count). The molecule has 1 N–H and O–H groups in total. The summed E-state index contributed by atoms with van der Waals surface area (Å²) in [6.45, 7) is 3.96. The molecule has 0 aliphatic carbocycles. The van der Waals surface area contributed by atoms with E-state index in [0.29, 0.717) is 28.3 Å². The Morgan fingerprint density at radius 1 is 1.28 bits per heavy atom. The van der Waals surface area contributed by atoms with Gasteiger partial charge in [-0.25, -0.2) is 0 Å². The predicted molar refractivity (Wildman–Crippen MR) is 94.1 cm³/mol. The summed E-state index contributed by atoms with van der Waals surface area (Å²) in [6.07, 6.45) is 1.59. The van der Waals surface area contributed by atoms with Crippen LogP contribution in [0.1, 0.15) is 46.7 Å². The second-order valence-corrected chi connectivity index (χ2v) is 6.94. The lowest BCUT2D eigenvalue weighted by Gasteiger charge is -2.26. The van der Waals surface area contributed by atoms with Crippen molar-refractivity contribution >= 4 is 23.0 Å². The maximum Gasteiger partial charge on any atom is 0.407 e. The summed E-state index contributed by atoms with van der Waals surface area (Å²) in [6, 6.07) is 3.48. The van der Waals surface area contributed by atoms with Gasteiger partial charge in [0, 0.05) is 13.1 Å². The first kappa shape index (κ1) is 19.5. The second-order valence-electron chi connectivity index (χ2n) is 5.85. The van der Waals surface area contributed by atoms with Gasteiger partial charge in [0.2, 0.25) is 0 Å². The Labute approximate surface area is 149 Å². The molecule has 25 heavy (non-hydrogen) atoms. The number of nitrogens with one attached hydrogen (secondary N) is 1. The fourth-order valence-corrected chi connectivity index (χ4v) is 3.55. The van der Waals surface area contributed by atoms with Crippen molar-refractivity contribution in [1.82, 2.24) is 10.3 Å². The molecule has 0 radical (unpaired) electrons. The monoisotopic (exact) mass is 373 g/mol. The number of piperidine rings is 1. The van der Waals surface area contributed by atoms with Crippen LogP contribution in [0.4, 0.5) is 13.2 Å². The Balaban J connectivity index is 2.09. The van der Waals surface area contributed by atoms with Crippen molar-refractivity contribution in [2.45, 2.75) is 38.3 Å². The van der Waals surface area contributed by atoms with Gasteiger partial charge < -0.3 is 10.3 Å². The minimum atomic E-state index is -4.32. The lowest BCUT2D eigenvalue weighted by molar-refractivity contribution is -0.124. The van der Waals surface area contributed by atoms with Crippen LogP contribution in [-0.2, 0) is 0 Å². The molecule has 4 nitrogen and oxygen atoms in total. The van der Waals surface area contributed by atoms with Gasteiger partial charge in [0.15, 0.2) is 0 Å². The van der Waals surface area contributed by atoms with Gasteiger partial charge in [-0.3, -0.25) is 4.79 Å². The van der Waals surface area contributed by atoms with Crippen molar-refractivity contribution in [3.05, 3.63) is 34.5 Å². The molecule has 138 valence electrons. The highest BCUT2D eigenvalue weighted by molar-refractivity contribution is 7.16. The number of alkyl halides is 3. The zero-order chi connectivity index (χ0) is 18.3. The Hall–Kier alpha value is -1.83. The van der Waals surface area contributed by atoms with Gasteiger partial charge in [-0.1, -0.05) is 6.08 Å². The number of hydrazone groups is 1. The molecular weight excluding hydrogens is 351 g/mol. The topological polar surface area (TPSA) is 44.7 Å². The number of allylic oxidation sites excluding steroid dienone is 1. The summed E-state index contributed by atoms with van der Waals surface area (Å²) in [7, 11) is 0. The fourth-order valence-electron chi connectivity index (χ4n) is 2.56. The van der Waals surface area contributed by atoms with Crippen LogP contribution in [0.25, 0.3) is 0 Å². The van der Waals surface area contributed by atoms with Crippen LogP contribution < -0.4 is 5.43 Å². The van der Waals surface area contributed by atoms with Crippen LogP contribution in [0.2, 0.25) is 0 Å². The standard InChI is InChI=1S/C17H22F3N3OS/c1-2-3-7-13(22-21-12-17(18,19)20)14-8-9-15(25-14)16(24)23-10-5-4-6-11-23/h2,8-9,21H,1,3-7,10-12H2/b22-13+. The molecule has 1 aromatic rings. The van der Waals surface area contributed by atoms with E-state index in [2.05, 4.69) is 17.1 Å². The summed E-state index contributed by atoms with van der Waals surface area (Å²) in [5, 5.41) is 3.89. The molecule has 0 atom stereocenters. The van der Waals surface area contributed by atoms with Gasteiger partial charge in [-0.2, -0.15) is 18.3 Å². The van der Waals surface area contributed by atoms with E-state index in [1.54, 1.807) is 18.2 Å². The van der Waals surface area contributed by atoms with Crippen LogP contribution in [0.3, 0.4) is 0 Å². The molecule has 8 heteroatoms. The molecule has 0 spiro atoms. The minimum Gasteiger partial charge on any atom is -0.338 e. The highest BCUT2D eigenvalue weighted by Gasteiger charge is 2.26. The molecule has 1 aromatic heterocycles. The van der Waals surface area contributed by atoms with E-state index >= 15 is 0 Å². The van der Waals surface area contributed by atoms with Crippen LogP contribution in [0.15, 0.2) is 29.9 Å². The van der Waals surface area contributed by atoms with Crippen molar-refractivity contribution in [3.8, 4) is 0 Å². The summed E-state index contributed by atoms with van der Waals surface area (Å²) < 4.78 is 36.8. The number of thiophene rings is 1.